The Labute approximate surface area is 166 Å². The molecule has 0 spiro atoms. The minimum absolute atomic E-state index is 0.119. The van der Waals surface area contributed by atoms with Gasteiger partial charge >= 0.3 is 0 Å². The van der Waals surface area contributed by atoms with E-state index in [9.17, 15) is 9.59 Å². The topological polar surface area (TPSA) is 52.7 Å². The summed E-state index contributed by atoms with van der Waals surface area (Å²) in [7, 11) is 0. The van der Waals surface area contributed by atoms with Crippen LogP contribution in [0.3, 0.4) is 0 Å². The SMILES string of the molecule is O=C([C@H](Nc1cccc(N2CCCC2=O)c1)c1ccccc1)N1CCCCC1. The molecule has 2 aliphatic heterocycles. The molecular formula is C23H27N3O2. The van der Waals surface area contributed by atoms with E-state index in [0.29, 0.717) is 6.42 Å². The van der Waals surface area contributed by atoms with Crippen LogP contribution in [0, 0.1) is 0 Å². The molecule has 0 aromatic heterocycles. The lowest BCUT2D eigenvalue weighted by Crippen LogP contribution is -2.41. The summed E-state index contributed by atoms with van der Waals surface area (Å²) in [5.74, 6) is 0.287. The Morgan fingerprint density at radius 1 is 0.893 bits per heavy atom. The highest BCUT2D eigenvalue weighted by atomic mass is 16.2. The van der Waals surface area contributed by atoms with Gasteiger partial charge in [-0.15, -0.1) is 0 Å². The Kier molecular flexibility index (Phi) is 5.60. The molecule has 2 heterocycles. The lowest BCUT2D eigenvalue weighted by atomic mass is 10.0. The van der Waals surface area contributed by atoms with E-state index in [1.807, 2.05) is 64.4 Å². The van der Waals surface area contributed by atoms with Crippen molar-refractivity contribution in [3.8, 4) is 0 Å². The Bertz CT molecular complexity index is 831. The number of carbonyl (C=O) groups excluding carboxylic acids is 2. The van der Waals surface area contributed by atoms with E-state index in [0.717, 1.165) is 55.8 Å². The van der Waals surface area contributed by atoms with Crippen LogP contribution >= 0.6 is 0 Å². The minimum Gasteiger partial charge on any atom is -0.370 e. The van der Waals surface area contributed by atoms with Gasteiger partial charge in [-0.05, 0) is 49.4 Å². The van der Waals surface area contributed by atoms with Gasteiger partial charge in [-0.2, -0.15) is 0 Å². The summed E-state index contributed by atoms with van der Waals surface area (Å²) in [6, 6.07) is 17.3. The number of anilines is 2. The first-order chi connectivity index (χ1) is 13.7. The number of benzene rings is 2. The molecule has 2 fully saturated rings. The number of carbonyl (C=O) groups is 2. The van der Waals surface area contributed by atoms with E-state index in [4.69, 9.17) is 0 Å². The van der Waals surface area contributed by atoms with Crippen LogP contribution in [0.2, 0.25) is 0 Å². The van der Waals surface area contributed by atoms with Gasteiger partial charge in [-0.1, -0.05) is 36.4 Å². The normalized spacial score (nSPS) is 18.2. The molecule has 2 saturated heterocycles. The van der Waals surface area contributed by atoms with E-state index >= 15 is 0 Å². The monoisotopic (exact) mass is 377 g/mol. The standard InChI is InChI=1S/C23H27N3O2/c27-21-13-8-16-26(21)20-12-7-11-19(17-20)24-22(18-9-3-1-4-10-18)23(28)25-14-5-2-6-15-25/h1,3-4,7,9-12,17,22,24H,2,5-6,8,13-16H2/t22-/m1/s1. The number of piperidine rings is 1. The summed E-state index contributed by atoms with van der Waals surface area (Å²) in [4.78, 5) is 29.2. The van der Waals surface area contributed by atoms with Crippen molar-refractivity contribution in [2.24, 2.45) is 0 Å². The van der Waals surface area contributed by atoms with Crippen LogP contribution < -0.4 is 10.2 Å². The van der Waals surface area contributed by atoms with E-state index in [2.05, 4.69) is 5.32 Å². The molecule has 2 aromatic carbocycles. The third kappa shape index (κ3) is 4.03. The second-order valence-corrected chi connectivity index (χ2v) is 7.57. The summed E-state index contributed by atoms with van der Waals surface area (Å²) in [6.45, 7) is 2.41. The summed E-state index contributed by atoms with van der Waals surface area (Å²) in [6.07, 6.45) is 4.84. The van der Waals surface area contributed by atoms with Crippen molar-refractivity contribution < 1.29 is 9.59 Å². The fourth-order valence-electron chi connectivity index (χ4n) is 4.08. The number of nitrogens with zero attached hydrogens (tertiary/aromatic N) is 2. The first-order valence-electron chi connectivity index (χ1n) is 10.2. The summed E-state index contributed by atoms with van der Waals surface area (Å²) in [5.41, 5.74) is 2.71. The molecule has 2 aromatic rings. The van der Waals surface area contributed by atoms with Crippen molar-refractivity contribution in [1.82, 2.24) is 4.90 Å². The lowest BCUT2D eigenvalue weighted by Gasteiger charge is -2.31. The third-order valence-electron chi connectivity index (χ3n) is 5.59. The van der Waals surface area contributed by atoms with Crippen molar-refractivity contribution >= 4 is 23.2 Å². The van der Waals surface area contributed by atoms with Crippen LogP contribution in [0.4, 0.5) is 11.4 Å². The molecule has 146 valence electrons. The Morgan fingerprint density at radius 3 is 2.39 bits per heavy atom. The number of nitrogens with one attached hydrogen (secondary N) is 1. The van der Waals surface area contributed by atoms with E-state index in [1.165, 1.54) is 6.42 Å². The van der Waals surface area contributed by atoms with Gasteiger partial charge in [0.15, 0.2) is 0 Å². The smallest absolute Gasteiger partial charge is 0.249 e. The van der Waals surface area contributed by atoms with Crippen molar-refractivity contribution in [2.45, 2.75) is 38.1 Å². The number of likely N-dealkylation sites (tertiary alicyclic amines) is 1. The number of rotatable bonds is 5. The van der Waals surface area contributed by atoms with Crippen molar-refractivity contribution in [1.29, 1.82) is 0 Å². The van der Waals surface area contributed by atoms with Gasteiger partial charge in [0.2, 0.25) is 11.8 Å². The number of hydrogen-bond acceptors (Lipinski definition) is 3. The van der Waals surface area contributed by atoms with Gasteiger partial charge < -0.3 is 15.1 Å². The second-order valence-electron chi connectivity index (χ2n) is 7.57. The highest BCUT2D eigenvalue weighted by Gasteiger charge is 2.27. The molecule has 0 aliphatic carbocycles. The summed E-state index contributed by atoms with van der Waals surface area (Å²) < 4.78 is 0. The van der Waals surface area contributed by atoms with Crippen LogP contribution in [0.25, 0.3) is 0 Å². The van der Waals surface area contributed by atoms with E-state index in [-0.39, 0.29) is 11.8 Å². The third-order valence-corrected chi connectivity index (χ3v) is 5.59. The predicted octanol–water partition coefficient (Wildman–Crippen LogP) is 3.98. The van der Waals surface area contributed by atoms with Gasteiger partial charge in [0.05, 0.1) is 0 Å². The zero-order chi connectivity index (χ0) is 19.3. The van der Waals surface area contributed by atoms with Gasteiger partial charge in [0.1, 0.15) is 6.04 Å². The average Bonchev–Trinajstić information content (AvgIpc) is 3.19. The fraction of sp³-hybridized carbons (Fsp3) is 0.391. The molecule has 0 bridgehead atoms. The molecule has 1 atom stereocenters. The van der Waals surface area contributed by atoms with Crippen molar-refractivity contribution in [2.75, 3.05) is 29.9 Å². The van der Waals surface area contributed by atoms with Crippen molar-refractivity contribution in [3.63, 3.8) is 0 Å². The molecule has 5 nitrogen and oxygen atoms in total. The Balaban J connectivity index is 1.59. The molecule has 1 N–H and O–H groups in total. The molecule has 2 aliphatic rings. The minimum atomic E-state index is -0.427. The van der Waals surface area contributed by atoms with Gasteiger partial charge in [-0.3, -0.25) is 9.59 Å². The van der Waals surface area contributed by atoms with E-state index in [1.54, 1.807) is 0 Å². The molecule has 2 amide bonds. The Morgan fingerprint density at radius 2 is 1.68 bits per heavy atom. The number of amides is 2. The maximum Gasteiger partial charge on any atom is 0.249 e. The molecule has 28 heavy (non-hydrogen) atoms. The maximum absolute atomic E-state index is 13.3. The highest BCUT2D eigenvalue weighted by molar-refractivity contribution is 5.96. The van der Waals surface area contributed by atoms with Crippen molar-refractivity contribution in [3.05, 3.63) is 60.2 Å². The largest absolute Gasteiger partial charge is 0.370 e. The van der Waals surface area contributed by atoms with Gasteiger partial charge in [-0.25, -0.2) is 0 Å². The summed E-state index contributed by atoms with van der Waals surface area (Å²) >= 11 is 0. The van der Waals surface area contributed by atoms with Crippen LogP contribution in [0.1, 0.15) is 43.7 Å². The lowest BCUT2D eigenvalue weighted by molar-refractivity contribution is -0.133. The number of hydrogen-bond donors (Lipinski definition) is 1. The van der Waals surface area contributed by atoms with Crippen LogP contribution in [-0.4, -0.2) is 36.3 Å². The van der Waals surface area contributed by atoms with Crippen LogP contribution in [-0.2, 0) is 9.59 Å². The van der Waals surface area contributed by atoms with E-state index < -0.39 is 6.04 Å². The molecular weight excluding hydrogens is 350 g/mol. The van der Waals surface area contributed by atoms with Crippen LogP contribution in [0.5, 0.6) is 0 Å². The Hall–Kier alpha value is -2.82. The predicted molar refractivity (Wildman–Crippen MR) is 111 cm³/mol. The fourth-order valence-corrected chi connectivity index (χ4v) is 4.08. The molecule has 5 heteroatoms. The molecule has 4 rings (SSSR count). The first-order valence-corrected chi connectivity index (χ1v) is 10.2. The molecule has 0 radical (unpaired) electrons. The van der Waals surface area contributed by atoms with Crippen LogP contribution in [0.15, 0.2) is 54.6 Å². The van der Waals surface area contributed by atoms with Gasteiger partial charge in [0.25, 0.3) is 0 Å². The maximum atomic E-state index is 13.3. The second kappa shape index (κ2) is 8.46. The first kappa shape index (κ1) is 18.5. The average molecular weight is 377 g/mol. The summed E-state index contributed by atoms with van der Waals surface area (Å²) in [5, 5.41) is 3.44. The highest BCUT2D eigenvalue weighted by Crippen LogP contribution is 2.28. The zero-order valence-corrected chi connectivity index (χ0v) is 16.1. The van der Waals surface area contributed by atoms with Gasteiger partial charge in [0, 0.05) is 37.4 Å². The molecule has 0 saturated carbocycles. The zero-order valence-electron chi connectivity index (χ0n) is 16.1. The molecule has 0 unspecified atom stereocenters. The quantitative estimate of drug-likeness (QED) is 0.857.